The topological polar surface area (TPSA) is 77.2 Å². The van der Waals surface area contributed by atoms with Gasteiger partial charge in [-0.05, 0) is 38.3 Å². The minimum absolute atomic E-state index is 0.0896. The summed E-state index contributed by atoms with van der Waals surface area (Å²) in [6.45, 7) is 5.42. The SMILES string of the molecule is CCc1cc(C(=O)NC2(C)CCOCC2)cc(N)n1. The highest BCUT2D eigenvalue weighted by molar-refractivity contribution is 5.95. The summed E-state index contributed by atoms with van der Waals surface area (Å²) in [5.74, 6) is 0.301. The number of nitrogens with one attached hydrogen (secondary N) is 1. The van der Waals surface area contributed by atoms with Crippen molar-refractivity contribution in [2.75, 3.05) is 18.9 Å². The monoisotopic (exact) mass is 263 g/mol. The molecule has 2 heterocycles. The number of nitrogens with two attached hydrogens (primary N) is 1. The Labute approximate surface area is 113 Å². The lowest BCUT2D eigenvalue weighted by Crippen LogP contribution is -2.49. The Morgan fingerprint density at radius 3 is 2.79 bits per heavy atom. The number of nitrogens with zero attached hydrogens (tertiary/aromatic N) is 1. The summed E-state index contributed by atoms with van der Waals surface area (Å²) in [6.07, 6.45) is 2.43. The summed E-state index contributed by atoms with van der Waals surface area (Å²) in [7, 11) is 0. The Morgan fingerprint density at radius 1 is 1.47 bits per heavy atom. The van der Waals surface area contributed by atoms with Gasteiger partial charge in [-0.25, -0.2) is 4.98 Å². The fraction of sp³-hybridized carbons (Fsp3) is 0.571. The Hall–Kier alpha value is -1.62. The van der Waals surface area contributed by atoms with Crippen LogP contribution in [0, 0.1) is 0 Å². The molecule has 1 aliphatic rings. The first-order valence-electron chi connectivity index (χ1n) is 6.69. The van der Waals surface area contributed by atoms with E-state index in [1.165, 1.54) is 0 Å². The molecular weight excluding hydrogens is 242 g/mol. The van der Waals surface area contributed by atoms with Crippen molar-refractivity contribution in [3.8, 4) is 0 Å². The second kappa shape index (κ2) is 5.57. The summed E-state index contributed by atoms with van der Waals surface area (Å²) >= 11 is 0. The van der Waals surface area contributed by atoms with Crippen LogP contribution in [-0.4, -0.2) is 29.6 Å². The molecule has 1 aromatic heterocycles. The number of amides is 1. The molecule has 0 unspecified atom stereocenters. The van der Waals surface area contributed by atoms with Crippen molar-refractivity contribution in [1.29, 1.82) is 0 Å². The Balaban J connectivity index is 2.13. The zero-order chi connectivity index (χ0) is 13.9. The molecule has 0 atom stereocenters. The van der Waals surface area contributed by atoms with Gasteiger partial charge in [-0.2, -0.15) is 0 Å². The van der Waals surface area contributed by atoms with Gasteiger partial charge in [0.05, 0.1) is 0 Å². The molecule has 0 aliphatic carbocycles. The van der Waals surface area contributed by atoms with E-state index < -0.39 is 0 Å². The maximum atomic E-state index is 12.3. The summed E-state index contributed by atoms with van der Waals surface area (Å²) in [6, 6.07) is 3.42. The molecule has 0 radical (unpaired) electrons. The molecule has 0 saturated carbocycles. The number of carbonyl (C=O) groups is 1. The number of nitrogen functional groups attached to an aromatic ring is 1. The van der Waals surface area contributed by atoms with Crippen LogP contribution in [0.25, 0.3) is 0 Å². The number of hydrogen-bond acceptors (Lipinski definition) is 4. The number of pyridine rings is 1. The number of aryl methyl sites for hydroxylation is 1. The highest BCUT2D eigenvalue weighted by Gasteiger charge is 2.29. The first-order chi connectivity index (χ1) is 9.02. The first kappa shape index (κ1) is 13.8. The van der Waals surface area contributed by atoms with Gasteiger partial charge < -0.3 is 15.8 Å². The number of hydrogen-bond donors (Lipinski definition) is 2. The van der Waals surface area contributed by atoms with Gasteiger partial charge in [0.15, 0.2) is 0 Å². The molecule has 1 saturated heterocycles. The van der Waals surface area contributed by atoms with Gasteiger partial charge in [0.1, 0.15) is 5.82 Å². The molecule has 3 N–H and O–H groups in total. The summed E-state index contributed by atoms with van der Waals surface area (Å²) in [5.41, 5.74) is 6.95. The average Bonchev–Trinajstić information content (AvgIpc) is 2.38. The van der Waals surface area contributed by atoms with E-state index in [-0.39, 0.29) is 11.4 Å². The Morgan fingerprint density at radius 2 is 2.16 bits per heavy atom. The van der Waals surface area contributed by atoms with Gasteiger partial charge in [0.25, 0.3) is 5.91 Å². The number of carbonyl (C=O) groups excluding carboxylic acids is 1. The highest BCUT2D eigenvalue weighted by atomic mass is 16.5. The van der Waals surface area contributed by atoms with Crippen molar-refractivity contribution in [1.82, 2.24) is 10.3 Å². The number of anilines is 1. The van der Waals surface area contributed by atoms with Crippen LogP contribution in [0.4, 0.5) is 5.82 Å². The van der Waals surface area contributed by atoms with Gasteiger partial charge in [-0.1, -0.05) is 6.92 Å². The first-order valence-corrected chi connectivity index (χ1v) is 6.69. The van der Waals surface area contributed by atoms with Crippen LogP contribution >= 0.6 is 0 Å². The molecule has 1 amide bonds. The van der Waals surface area contributed by atoms with Gasteiger partial charge in [-0.15, -0.1) is 0 Å². The molecule has 1 fully saturated rings. The maximum absolute atomic E-state index is 12.3. The normalized spacial score (nSPS) is 18.0. The molecule has 19 heavy (non-hydrogen) atoms. The van der Waals surface area contributed by atoms with Crippen molar-refractivity contribution in [3.05, 3.63) is 23.4 Å². The molecule has 5 nitrogen and oxygen atoms in total. The Kier molecular flexibility index (Phi) is 4.04. The third kappa shape index (κ3) is 3.44. The molecular formula is C14H21N3O2. The van der Waals surface area contributed by atoms with E-state index >= 15 is 0 Å². The van der Waals surface area contributed by atoms with Crippen LogP contribution in [-0.2, 0) is 11.2 Å². The largest absolute Gasteiger partial charge is 0.384 e. The van der Waals surface area contributed by atoms with Crippen molar-refractivity contribution < 1.29 is 9.53 Å². The minimum Gasteiger partial charge on any atom is -0.384 e. The van der Waals surface area contributed by atoms with Gasteiger partial charge in [-0.3, -0.25) is 4.79 Å². The quantitative estimate of drug-likeness (QED) is 0.867. The lowest BCUT2D eigenvalue weighted by molar-refractivity contribution is 0.0423. The van der Waals surface area contributed by atoms with E-state index in [1.54, 1.807) is 12.1 Å². The fourth-order valence-electron chi connectivity index (χ4n) is 2.22. The number of ether oxygens (including phenoxy) is 1. The lowest BCUT2D eigenvalue weighted by atomic mass is 9.92. The molecule has 0 spiro atoms. The van der Waals surface area contributed by atoms with E-state index in [0.717, 1.165) is 25.0 Å². The predicted molar refractivity (Wildman–Crippen MR) is 74.0 cm³/mol. The third-order valence-corrected chi connectivity index (χ3v) is 3.53. The highest BCUT2D eigenvalue weighted by Crippen LogP contribution is 2.20. The van der Waals surface area contributed by atoms with E-state index in [9.17, 15) is 4.79 Å². The standard InChI is InChI=1S/C14H21N3O2/c1-3-11-8-10(9-12(15)16-11)13(18)17-14(2)4-6-19-7-5-14/h8-9H,3-7H2,1-2H3,(H2,15,16)(H,17,18). The van der Waals surface area contributed by atoms with Crippen LogP contribution in [0.2, 0.25) is 0 Å². The summed E-state index contributed by atoms with van der Waals surface area (Å²) in [5, 5.41) is 3.09. The van der Waals surface area contributed by atoms with Crippen molar-refractivity contribution in [3.63, 3.8) is 0 Å². The number of aromatic nitrogens is 1. The van der Waals surface area contributed by atoms with E-state index in [0.29, 0.717) is 24.6 Å². The smallest absolute Gasteiger partial charge is 0.251 e. The van der Waals surface area contributed by atoms with Crippen molar-refractivity contribution >= 4 is 11.7 Å². The van der Waals surface area contributed by atoms with Crippen LogP contribution in [0.5, 0.6) is 0 Å². The van der Waals surface area contributed by atoms with Crippen LogP contribution in [0.3, 0.4) is 0 Å². The Bertz CT molecular complexity index is 468. The van der Waals surface area contributed by atoms with Crippen LogP contribution < -0.4 is 11.1 Å². The molecule has 2 rings (SSSR count). The summed E-state index contributed by atoms with van der Waals surface area (Å²) < 4.78 is 5.33. The summed E-state index contributed by atoms with van der Waals surface area (Å²) in [4.78, 5) is 16.5. The lowest BCUT2D eigenvalue weighted by Gasteiger charge is -2.34. The second-order valence-corrected chi connectivity index (χ2v) is 5.25. The van der Waals surface area contributed by atoms with E-state index in [1.807, 2.05) is 6.92 Å². The molecule has 0 aromatic carbocycles. The minimum atomic E-state index is -0.195. The zero-order valence-corrected chi connectivity index (χ0v) is 11.5. The predicted octanol–water partition coefficient (Wildman–Crippen LogP) is 1.53. The van der Waals surface area contributed by atoms with Gasteiger partial charge in [0, 0.05) is 30.0 Å². The second-order valence-electron chi connectivity index (χ2n) is 5.25. The third-order valence-electron chi connectivity index (χ3n) is 3.53. The molecule has 104 valence electrons. The average molecular weight is 263 g/mol. The van der Waals surface area contributed by atoms with Crippen molar-refractivity contribution in [2.24, 2.45) is 0 Å². The fourth-order valence-corrected chi connectivity index (χ4v) is 2.22. The van der Waals surface area contributed by atoms with E-state index in [2.05, 4.69) is 17.2 Å². The maximum Gasteiger partial charge on any atom is 0.251 e. The molecule has 0 bridgehead atoms. The van der Waals surface area contributed by atoms with Crippen molar-refractivity contribution in [2.45, 2.75) is 38.6 Å². The van der Waals surface area contributed by atoms with Crippen LogP contribution in [0.15, 0.2) is 12.1 Å². The van der Waals surface area contributed by atoms with Gasteiger partial charge >= 0.3 is 0 Å². The molecule has 5 heteroatoms. The van der Waals surface area contributed by atoms with E-state index in [4.69, 9.17) is 10.5 Å². The van der Waals surface area contributed by atoms with Gasteiger partial charge in [0.2, 0.25) is 0 Å². The zero-order valence-electron chi connectivity index (χ0n) is 11.5. The molecule has 1 aliphatic heterocycles. The molecule has 1 aromatic rings. The van der Waals surface area contributed by atoms with Crippen LogP contribution in [0.1, 0.15) is 42.7 Å². The number of rotatable bonds is 3.